The fourth-order valence-electron chi connectivity index (χ4n) is 3.24. The molecule has 100 valence electrons. The molecule has 19 heavy (non-hydrogen) atoms. The number of rotatable bonds is 3. The van der Waals surface area contributed by atoms with Crippen LogP contribution in [0.3, 0.4) is 0 Å². The van der Waals surface area contributed by atoms with Crippen LogP contribution in [0.5, 0.6) is 0 Å². The van der Waals surface area contributed by atoms with Gasteiger partial charge in [-0.2, -0.15) is 0 Å². The van der Waals surface area contributed by atoms with Crippen LogP contribution in [0.2, 0.25) is 12.1 Å². The maximum Gasteiger partial charge on any atom is 0.228 e. The molecule has 0 bridgehead atoms. The first-order valence-corrected chi connectivity index (χ1v) is 9.30. The van der Waals surface area contributed by atoms with Gasteiger partial charge in [0.05, 0.1) is 0 Å². The molecule has 3 heteroatoms. The van der Waals surface area contributed by atoms with Gasteiger partial charge in [0.1, 0.15) is 0 Å². The van der Waals surface area contributed by atoms with Gasteiger partial charge in [0.2, 0.25) is 8.32 Å². The number of ether oxygens (including phenoxy) is 1. The Bertz CT molecular complexity index is 605. The van der Waals surface area contributed by atoms with Gasteiger partial charge < -0.3 is 9.16 Å². The summed E-state index contributed by atoms with van der Waals surface area (Å²) >= 11 is 0. The lowest BCUT2D eigenvalue weighted by Gasteiger charge is -2.24. The quantitative estimate of drug-likeness (QED) is 0.793. The van der Waals surface area contributed by atoms with E-state index in [2.05, 4.69) is 50.2 Å². The van der Waals surface area contributed by atoms with E-state index in [0.29, 0.717) is 0 Å². The minimum absolute atomic E-state index is 0.187. The van der Waals surface area contributed by atoms with Crippen molar-refractivity contribution in [2.75, 3.05) is 7.11 Å². The second kappa shape index (κ2) is 4.74. The molecule has 1 atom stereocenters. The molecule has 0 amide bonds. The van der Waals surface area contributed by atoms with E-state index in [-0.39, 0.29) is 6.29 Å². The summed E-state index contributed by atoms with van der Waals surface area (Å²) < 4.78 is 12.0. The summed E-state index contributed by atoms with van der Waals surface area (Å²) in [6.45, 7) is 4.49. The summed E-state index contributed by atoms with van der Waals surface area (Å²) in [6.07, 6.45) is -0.187. The van der Waals surface area contributed by atoms with E-state index in [1.807, 2.05) is 0 Å². The van der Waals surface area contributed by atoms with Crippen molar-refractivity contribution in [3.8, 4) is 0 Å². The monoisotopic (exact) mass is 272 g/mol. The minimum Gasteiger partial charge on any atom is -0.384 e. The molecular weight excluding hydrogens is 252 g/mol. The van der Waals surface area contributed by atoms with Crippen molar-refractivity contribution in [1.29, 1.82) is 0 Å². The summed E-state index contributed by atoms with van der Waals surface area (Å²) in [5.41, 5.74) is 1.27. The molecular formula is C16H20O2Si. The lowest BCUT2D eigenvalue weighted by molar-refractivity contribution is -0.0538. The van der Waals surface area contributed by atoms with Crippen LogP contribution in [0, 0.1) is 0 Å². The van der Waals surface area contributed by atoms with Crippen molar-refractivity contribution in [2.24, 2.45) is 0 Å². The van der Waals surface area contributed by atoms with Gasteiger partial charge in [0, 0.05) is 12.7 Å². The molecule has 3 rings (SSSR count). The number of benzene rings is 2. The molecule has 2 nitrogen and oxygen atoms in total. The summed E-state index contributed by atoms with van der Waals surface area (Å²) in [5, 5.41) is 3.98. The third-order valence-electron chi connectivity index (χ3n) is 4.39. The summed E-state index contributed by atoms with van der Waals surface area (Å²) in [7, 11) is -0.0851. The Morgan fingerprint density at radius 1 is 1.11 bits per heavy atom. The molecule has 0 aliphatic carbocycles. The Labute approximate surface area is 115 Å². The minimum atomic E-state index is -1.83. The predicted octanol–water partition coefficient (Wildman–Crippen LogP) is 3.71. The number of hydrogen-bond acceptors (Lipinski definition) is 2. The molecule has 0 fully saturated rings. The van der Waals surface area contributed by atoms with Crippen molar-refractivity contribution in [3.63, 3.8) is 0 Å². The second-order valence-corrected chi connectivity index (χ2v) is 9.31. The van der Waals surface area contributed by atoms with Crippen LogP contribution in [0.1, 0.15) is 25.7 Å². The number of hydrogen-bond donors (Lipinski definition) is 0. The predicted molar refractivity (Wildman–Crippen MR) is 81.1 cm³/mol. The normalized spacial score (nSPS) is 20.7. The summed E-state index contributed by atoms with van der Waals surface area (Å²) in [5.74, 6) is 0. The lowest BCUT2D eigenvalue weighted by atomic mass is 10.0. The molecule has 2 aromatic carbocycles. The first-order valence-electron chi connectivity index (χ1n) is 6.98. The summed E-state index contributed by atoms with van der Waals surface area (Å²) in [4.78, 5) is 0. The van der Waals surface area contributed by atoms with E-state index >= 15 is 0 Å². The molecule has 0 N–H and O–H groups in total. The van der Waals surface area contributed by atoms with Crippen molar-refractivity contribution in [1.82, 2.24) is 0 Å². The highest BCUT2D eigenvalue weighted by atomic mass is 28.4. The topological polar surface area (TPSA) is 18.5 Å². The zero-order chi connectivity index (χ0) is 13.5. The van der Waals surface area contributed by atoms with Gasteiger partial charge in [-0.3, -0.25) is 0 Å². The molecule has 1 heterocycles. The van der Waals surface area contributed by atoms with E-state index in [0.717, 1.165) is 12.1 Å². The first-order chi connectivity index (χ1) is 9.25. The van der Waals surface area contributed by atoms with Crippen molar-refractivity contribution in [3.05, 3.63) is 42.0 Å². The van der Waals surface area contributed by atoms with Crippen LogP contribution in [0.4, 0.5) is 0 Å². The Morgan fingerprint density at radius 2 is 1.84 bits per heavy atom. The molecule has 1 aliphatic rings. The van der Waals surface area contributed by atoms with Crippen LogP contribution in [-0.2, 0) is 9.16 Å². The Morgan fingerprint density at radius 3 is 2.53 bits per heavy atom. The molecule has 0 aromatic heterocycles. The first kappa shape index (κ1) is 12.8. The molecule has 0 saturated carbocycles. The van der Waals surface area contributed by atoms with Crippen molar-refractivity contribution >= 4 is 24.3 Å². The average Bonchev–Trinajstić information content (AvgIpc) is 2.82. The van der Waals surface area contributed by atoms with Crippen molar-refractivity contribution in [2.45, 2.75) is 32.2 Å². The van der Waals surface area contributed by atoms with Gasteiger partial charge in [-0.15, -0.1) is 0 Å². The highest BCUT2D eigenvalue weighted by Crippen LogP contribution is 2.38. The Hall–Kier alpha value is -1.16. The van der Waals surface area contributed by atoms with E-state index in [1.165, 1.54) is 21.5 Å². The second-order valence-electron chi connectivity index (χ2n) is 5.13. The zero-order valence-corrected chi connectivity index (χ0v) is 12.8. The molecule has 1 unspecified atom stereocenters. The van der Waals surface area contributed by atoms with E-state index < -0.39 is 8.32 Å². The van der Waals surface area contributed by atoms with Gasteiger partial charge in [-0.05, 0) is 28.0 Å². The average molecular weight is 272 g/mol. The highest BCUT2D eigenvalue weighted by molar-refractivity contribution is 6.87. The van der Waals surface area contributed by atoms with Gasteiger partial charge >= 0.3 is 0 Å². The number of fused-ring (bicyclic) bond motifs is 3. The van der Waals surface area contributed by atoms with E-state index in [4.69, 9.17) is 9.16 Å². The van der Waals surface area contributed by atoms with Gasteiger partial charge in [-0.25, -0.2) is 0 Å². The van der Waals surface area contributed by atoms with Gasteiger partial charge in [0.25, 0.3) is 0 Å². The van der Waals surface area contributed by atoms with Crippen LogP contribution in [-0.4, -0.2) is 15.4 Å². The Kier molecular flexibility index (Phi) is 3.21. The zero-order valence-electron chi connectivity index (χ0n) is 11.8. The highest BCUT2D eigenvalue weighted by Gasteiger charge is 2.46. The van der Waals surface area contributed by atoms with Crippen LogP contribution < -0.4 is 5.19 Å². The fourth-order valence-corrected chi connectivity index (χ4v) is 6.71. The van der Waals surface area contributed by atoms with E-state index in [9.17, 15) is 0 Å². The standard InChI is InChI=1S/C16H20O2Si/c1-4-19(5-2)14-11-10-12-8-6-7-9-13(12)15(14)16(17-3)18-19/h6-11,16H,4-5H2,1-3H3. The molecule has 1 aliphatic heterocycles. The molecule has 0 radical (unpaired) electrons. The molecule has 0 saturated heterocycles. The maximum atomic E-state index is 6.39. The van der Waals surface area contributed by atoms with Crippen LogP contribution in [0.25, 0.3) is 10.8 Å². The Balaban J connectivity index is 2.31. The van der Waals surface area contributed by atoms with Gasteiger partial charge in [0.15, 0.2) is 6.29 Å². The smallest absolute Gasteiger partial charge is 0.228 e. The SMILES string of the molecule is CC[Si]1(CC)OC(OC)c2c1ccc1ccccc21. The number of methoxy groups -OCH3 is 1. The van der Waals surface area contributed by atoms with E-state index in [1.54, 1.807) is 7.11 Å². The van der Waals surface area contributed by atoms with Crippen molar-refractivity contribution < 1.29 is 9.16 Å². The summed E-state index contributed by atoms with van der Waals surface area (Å²) in [6, 6.07) is 15.2. The van der Waals surface area contributed by atoms with Crippen LogP contribution >= 0.6 is 0 Å². The molecule has 2 aromatic rings. The third kappa shape index (κ3) is 1.76. The van der Waals surface area contributed by atoms with Gasteiger partial charge in [-0.1, -0.05) is 50.2 Å². The van der Waals surface area contributed by atoms with Crippen LogP contribution in [0.15, 0.2) is 36.4 Å². The fraction of sp³-hybridized carbons (Fsp3) is 0.375. The molecule has 0 spiro atoms. The lowest BCUT2D eigenvalue weighted by Crippen LogP contribution is -2.45. The third-order valence-corrected chi connectivity index (χ3v) is 8.75. The maximum absolute atomic E-state index is 6.39. The largest absolute Gasteiger partial charge is 0.384 e.